The predicted octanol–water partition coefficient (Wildman–Crippen LogP) is 3.97. The van der Waals surface area contributed by atoms with Gasteiger partial charge in [0.2, 0.25) is 0 Å². The molecular weight excluding hydrogens is 513 g/mol. The number of anilines is 1. The highest BCUT2D eigenvalue weighted by molar-refractivity contribution is 14.0. The van der Waals surface area contributed by atoms with E-state index in [4.69, 9.17) is 23.7 Å². The van der Waals surface area contributed by atoms with Crippen molar-refractivity contribution in [2.45, 2.75) is 13.3 Å². The van der Waals surface area contributed by atoms with Gasteiger partial charge >= 0.3 is 0 Å². The van der Waals surface area contributed by atoms with Crippen molar-refractivity contribution in [3.63, 3.8) is 0 Å². The topological polar surface area (TPSA) is 82.6 Å². The highest BCUT2D eigenvalue weighted by Gasteiger charge is 2.13. The molecule has 172 valence electrons. The molecule has 2 aromatic carbocycles. The third-order valence-electron chi connectivity index (χ3n) is 4.43. The SMILES string of the molecule is CCOc1ccc(NC(=NC)NCCc2c(OC)cc(OC)cc2OC)cc1OC.I. The molecule has 0 aliphatic carbocycles. The molecule has 0 aromatic heterocycles. The number of halogens is 1. The van der Waals surface area contributed by atoms with Crippen LogP contribution in [0.2, 0.25) is 0 Å². The van der Waals surface area contributed by atoms with Crippen LogP contribution in [0.4, 0.5) is 5.69 Å². The van der Waals surface area contributed by atoms with E-state index in [0.717, 1.165) is 11.3 Å². The van der Waals surface area contributed by atoms with Gasteiger partial charge in [0, 0.05) is 43.0 Å². The van der Waals surface area contributed by atoms with E-state index in [9.17, 15) is 0 Å². The zero-order valence-corrected chi connectivity index (χ0v) is 21.2. The van der Waals surface area contributed by atoms with Gasteiger partial charge in [-0.2, -0.15) is 0 Å². The van der Waals surface area contributed by atoms with Gasteiger partial charge in [0.15, 0.2) is 17.5 Å². The van der Waals surface area contributed by atoms with Gasteiger partial charge in [-0.05, 0) is 25.5 Å². The maximum atomic E-state index is 5.56. The second kappa shape index (κ2) is 13.7. The summed E-state index contributed by atoms with van der Waals surface area (Å²) in [4.78, 5) is 4.28. The number of rotatable bonds is 10. The van der Waals surface area contributed by atoms with Crippen molar-refractivity contribution in [2.24, 2.45) is 4.99 Å². The molecule has 0 radical (unpaired) electrons. The van der Waals surface area contributed by atoms with Crippen molar-refractivity contribution in [1.29, 1.82) is 0 Å². The van der Waals surface area contributed by atoms with Crippen LogP contribution in [0.25, 0.3) is 0 Å². The summed E-state index contributed by atoms with van der Waals surface area (Å²) in [6.07, 6.45) is 0.670. The Balaban J connectivity index is 0.00000480. The summed E-state index contributed by atoms with van der Waals surface area (Å²) in [5, 5.41) is 6.55. The average molecular weight is 545 g/mol. The summed E-state index contributed by atoms with van der Waals surface area (Å²) < 4.78 is 27.3. The molecule has 0 amide bonds. The Labute approximate surface area is 201 Å². The van der Waals surface area contributed by atoms with E-state index in [1.54, 1.807) is 35.5 Å². The molecule has 2 aromatic rings. The van der Waals surface area contributed by atoms with Crippen LogP contribution in [-0.2, 0) is 6.42 Å². The fourth-order valence-electron chi connectivity index (χ4n) is 2.97. The largest absolute Gasteiger partial charge is 0.496 e. The number of hydrogen-bond acceptors (Lipinski definition) is 6. The van der Waals surface area contributed by atoms with Gasteiger partial charge in [0.1, 0.15) is 17.2 Å². The molecule has 0 atom stereocenters. The summed E-state index contributed by atoms with van der Waals surface area (Å²) in [7, 11) is 8.21. The Kier molecular flexibility index (Phi) is 11.7. The van der Waals surface area contributed by atoms with Crippen molar-refractivity contribution in [3.8, 4) is 28.7 Å². The summed E-state index contributed by atoms with van der Waals surface area (Å²) >= 11 is 0. The molecule has 0 aliphatic rings. The van der Waals surface area contributed by atoms with E-state index in [0.29, 0.717) is 54.3 Å². The molecular formula is C22H32IN3O5. The van der Waals surface area contributed by atoms with Gasteiger partial charge in [-0.25, -0.2) is 0 Å². The molecule has 0 saturated heterocycles. The molecule has 9 heteroatoms. The Bertz CT molecular complexity index is 836. The number of ether oxygens (including phenoxy) is 5. The molecule has 0 saturated carbocycles. The first-order valence-electron chi connectivity index (χ1n) is 9.67. The van der Waals surface area contributed by atoms with Crippen molar-refractivity contribution >= 4 is 35.6 Å². The van der Waals surface area contributed by atoms with Crippen LogP contribution in [0.5, 0.6) is 28.7 Å². The van der Waals surface area contributed by atoms with Crippen molar-refractivity contribution < 1.29 is 23.7 Å². The highest BCUT2D eigenvalue weighted by Crippen LogP contribution is 2.34. The Morgan fingerprint density at radius 2 is 1.52 bits per heavy atom. The van der Waals surface area contributed by atoms with Gasteiger partial charge < -0.3 is 34.3 Å². The molecule has 0 fully saturated rings. The zero-order chi connectivity index (χ0) is 21.9. The van der Waals surface area contributed by atoms with Crippen LogP contribution in [0.3, 0.4) is 0 Å². The number of guanidine groups is 1. The van der Waals surface area contributed by atoms with Gasteiger partial charge in [-0.15, -0.1) is 24.0 Å². The van der Waals surface area contributed by atoms with E-state index in [2.05, 4.69) is 15.6 Å². The second-order valence-corrected chi connectivity index (χ2v) is 6.18. The lowest BCUT2D eigenvalue weighted by Crippen LogP contribution is -2.32. The smallest absolute Gasteiger partial charge is 0.195 e. The van der Waals surface area contributed by atoms with Crippen molar-refractivity contribution in [2.75, 3.05) is 54.0 Å². The van der Waals surface area contributed by atoms with Crippen molar-refractivity contribution in [1.82, 2.24) is 5.32 Å². The minimum Gasteiger partial charge on any atom is -0.496 e. The molecule has 2 N–H and O–H groups in total. The van der Waals surface area contributed by atoms with Gasteiger partial charge in [-0.3, -0.25) is 4.99 Å². The van der Waals surface area contributed by atoms with E-state index in [1.165, 1.54) is 0 Å². The van der Waals surface area contributed by atoms with E-state index in [-0.39, 0.29) is 24.0 Å². The third kappa shape index (κ3) is 7.27. The van der Waals surface area contributed by atoms with E-state index >= 15 is 0 Å². The molecule has 2 rings (SSSR count). The number of nitrogens with one attached hydrogen (secondary N) is 2. The molecule has 0 aliphatic heterocycles. The minimum absolute atomic E-state index is 0. The lowest BCUT2D eigenvalue weighted by atomic mass is 10.1. The summed E-state index contributed by atoms with van der Waals surface area (Å²) in [5.74, 6) is 4.10. The Morgan fingerprint density at radius 3 is 2.03 bits per heavy atom. The van der Waals surface area contributed by atoms with Crippen LogP contribution in [0, 0.1) is 0 Å². The quantitative estimate of drug-likeness (QED) is 0.266. The normalized spacial score (nSPS) is 10.6. The van der Waals surface area contributed by atoms with Gasteiger partial charge in [-0.1, -0.05) is 0 Å². The molecule has 0 unspecified atom stereocenters. The second-order valence-electron chi connectivity index (χ2n) is 6.18. The standard InChI is InChI=1S/C22H31N3O5.HI/c1-7-30-18-9-8-15(12-21(18)29-6)25-22(23-2)24-11-10-17-19(27-4)13-16(26-3)14-20(17)28-5;/h8-9,12-14H,7,10-11H2,1-6H3,(H2,23,24,25);1H. The van der Waals surface area contributed by atoms with Gasteiger partial charge in [0.25, 0.3) is 0 Å². The maximum Gasteiger partial charge on any atom is 0.195 e. The maximum absolute atomic E-state index is 5.56. The lowest BCUT2D eigenvalue weighted by Gasteiger charge is -2.17. The molecule has 31 heavy (non-hydrogen) atoms. The zero-order valence-electron chi connectivity index (χ0n) is 18.9. The number of hydrogen-bond donors (Lipinski definition) is 2. The first kappa shape index (κ1) is 26.5. The Hall–Kier alpha value is -2.56. The van der Waals surface area contributed by atoms with Crippen LogP contribution < -0.4 is 34.3 Å². The van der Waals surface area contributed by atoms with Gasteiger partial charge in [0.05, 0.1) is 35.0 Å². The first-order chi connectivity index (χ1) is 14.6. The number of nitrogens with zero attached hydrogens (tertiary/aromatic N) is 1. The van der Waals surface area contributed by atoms with Crippen LogP contribution in [0.1, 0.15) is 12.5 Å². The molecule has 8 nitrogen and oxygen atoms in total. The van der Waals surface area contributed by atoms with E-state index < -0.39 is 0 Å². The summed E-state index contributed by atoms with van der Waals surface area (Å²) in [5.41, 5.74) is 1.79. The van der Waals surface area contributed by atoms with Crippen LogP contribution in [0.15, 0.2) is 35.3 Å². The highest BCUT2D eigenvalue weighted by atomic mass is 127. The van der Waals surface area contributed by atoms with E-state index in [1.807, 2.05) is 37.3 Å². The van der Waals surface area contributed by atoms with Crippen molar-refractivity contribution in [3.05, 3.63) is 35.9 Å². The van der Waals surface area contributed by atoms with Crippen LogP contribution >= 0.6 is 24.0 Å². The number of aliphatic imine (C=N–C) groups is 1. The Morgan fingerprint density at radius 1 is 0.871 bits per heavy atom. The summed E-state index contributed by atoms with van der Waals surface area (Å²) in [6.45, 7) is 3.13. The van der Waals surface area contributed by atoms with Crippen LogP contribution in [-0.4, -0.2) is 54.6 Å². The molecule has 0 heterocycles. The predicted molar refractivity (Wildman–Crippen MR) is 134 cm³/mol. The third-order valence-corrected chi connectivity index (χ3v) is 4.43. The fraction of sp³-hybridized carbons (Fsp3) is 0.409. The fourth-order valence-corrected chi connectivity index (χ4v) is 2.97. The lowest BCUT2D eigenvalue weighted by molar-refractivity contribution is 0.311. The number of benzene rings is 2. The minimum atomic E-state index is 0. The molecule has 0 bridgehead atoms. The number of methoxy groups -OCH3 is 4. The monoisotopic (exact) mass is 545 g/mol. The first-order valence-corrected chi connectivity index (χ1v) is 9.67. The summed E-state index contributed by atoms with van der Waals surface area (Å²) in [6, 6.07) is 9.34. The molecule has 0 spiro atoms. The average Bonchev–Trinajstić information content (AvgIpc) is 2.78.